The van der Waals surface area contributed by atoms with Crippen molar-refractivity contribution in [3.8, 4) is 5.69 Å². The molecule has 3 aromatic heterocycles. The molecular weight excluding hydrogens is 823 g/mol. The molecule has 0 aliphatic carbocycles. The Morgan fingerprint density at radius 3 is 1.80 bits per heavy atom. The highest BCUT2D eigenvalue weighted by atomic mass is 32.1. The van der Waals surface area contributed by atoms with Crippen LogP contribution in [0.4, 0.5) is 0 Å². The zero-order valence-corrected chi connectivity index (χ0v) is 36.8. The molecule has 66 heavy (non-hydrogen) atoms. The number of furan rings is 1. The molecule has 14 rings (SSSR count). The van der Waals surface area contributed by atoms with Crippen LogP contribution in [0.25, 0.3) is 108 Å². The van der Waals surface area contributed by atoms with Gasteiger partial charge in [0.15, 0.2) is 5.84 Å². The average molecular weight is 862 g/mol. The fraction of sp³-hybridized carbons (Fsp3) is 0.0492. The number of fused-ring (bicyclic) bond motifs is 12. The fourth-order valence-electron chi connectivity index (χ4n) is 10.6. The van der Waals surface area contributed by atoms with E-state index in [1.807, 2.05) is 23.5 Å². The first kappa shape index (κ1) is 37.3. The number of aliphatic imine (C=N–C) groups is 2. The highest BCUT2D eigenvalue weighted by molar-refractivity contribution is 7.26. The van der Waals surface area contributed by atoms with Crippen LogP contribution in [0.15, 0.2) is 215 Å². The van der Waals surface area contributed by atoms with E-state index in [0.717, 1.165) is 73.2 Å². The van der Waals surface area contributed by atoms with Crippen LogP contribution in [0.1, 0.15) is 30.0 Å². The minimum absolute atomic E-state index is 0.00130. The number of para-hydroxylation sites is 2. The molecule has 1 aliphatic rings. The summed E-state index contributed by atoms with van der Waals surface area (Å²) in [5.41, 5.74) is 10.00. The van der Waals surface area contributed by atoms with Crippen LogP contribution >= 0.6 is 11.3 Å². The molecule has 10 aromatic carbocycles. The molecule has 0 N–H and O–H groups in total. The largest absolute Gasteiger partial charge is 0.455 e. The molecule has 1 atom stereocenters. The van der Waals surface area contributed by atoms with Gasteiger partial charge in [-0.2, -0.15) is 0 Å². The summed E-state index contributed by atoms with van der Waals surface area (Å²) in [5, 5.41) is 14.3. The van der Waals surface area contributed by atoms with Crippen molar-refractivity contribution in [1.82, 2.24) is 4.57 Å². The number of hydrogen-bond acceptors (Lipinski definition) is 4. The van der Waals surface area contributed by atoms with Gasteiger partial charge in [-0.1, -0.05) is 146 Å². The van der Waals surface area contributed by atoms with Crippen LogP contribution in [0.2, 0.25) is 0 Å². The van der Waals surface area contributed by atoms with E-state index in [2.05, 4.69) is 200 Å². The summed E-state index contributed by atoms with van der Waals surface area (Å²) in [6, 6.07) is 70.3. The molecule has 310 valence electrons. The third-order valence-corrected chi connectivity index (χ3v) is 14.9. The van der Waals surface area contributed by atoms with Gasteiger partial charge < -0.3 is 8.98 Å². The van der Waals surface area contributed by atoms with Crippen LogP contribution in [0.3, 0.4) is 0 Å². The van der Waals surface area contributed by atoms with Gasteiger partial charge in [0.25, 0.3) is 0 Å². The second-order valence-electron chi connectivity index (χ2n) is 17.7. The van der Waals surface area contributed by atoms with Crippen molar-refractivity contribution in [2.75, 3.05) is 0 Å². The maximum Gasteiger partial charge on any atom is 0.163 e. The minimum Gasteiger partial charge on any atom is -0.455 e. The van der Waals surface area contributed by atoms with E-state index >= 15 is 0 Å². The molecule has 13 aromatic rings. The highest BCUT2D eigenvalue weighted by Crippen LogP contribution is 2.45. The van der Waals surface area contributed by atoms with E-state index in [1.54, 1.807) is 0 Å². The first-order chi connectivity index (χ1) is 32.6. The highest BCUT2D eigenvalue weighted by Gasteiger charge is 2.28. The van der Waals surface area contributed by atoms with Crippen LogP contribution in [-0.2, 0) is 0 Å². The Kier molecular flexibility index (Phi) is 8.16. The number of thiophene rings is 1. The van der Waals surface area contributed by atoms with Gasteiger partial charge in [-0.25, -0.2) is 9.98 Å². The number of amidine groups is 1. The van der Waals surface area contributed by atoms with Crippen molar-refractivity contribution in [2.45, 2.75) is 13.3 Å². The molecule has 0 amide bonds. The summed E-state index contributed by atoms with van der Waals surface area (Å²) >= 11 is 1.86. The number of nitrogens with zero attached hydrogens (tertiary/aromatic N) is 3. The Morgan fingerprint density at radius 2 is 1.11 bits per heavy atom. The molecule has 0 radical (unpaired) electrons. The van der Waals surface area contributed by atoms with Crippen LogP contribution < -0.4 is 0 Å². The zero-order chi connectivity index (χ0) is 43.5. The predicted octanol–water partition coefficient (Wildman–Crippen LogP) is 16.8. The quantitative estimate of drug-likeness (QED) is 0.174. The normalized spacial score (nSPS) is 17.2. The van der Waals surface area contributed by atoms with E-state index in [-0.39, 0.29) is 5.92 Å². The van der Waals surface area contributed by atoms with Crippen LogP contribution in [-0.4, -0.2) is 16.1 Å². The van der Waals surface area contributed by atoms with Gasteiger partial charge in [-0.05, 0) is 105 Å². The number of benzene rings is 10. The second-order valence-corrected chi connectivity index (χ2v) is 18.8. The van der Waals surface area contributed by atoms with Crippen molar-refractivity contribution in [2.24, 2.45) is 15.9 Å². The molecule has 4 heterocycles. The maximum atomic E-state index is 6.75. The Balaban J connectivity index is 1.14. The molecule has 1 aliphatic heterocycles. The van der Waals surface area contributed by atoms with Crippen molar-refractivity contribution in [3.05, 3.63) is 217 Å². The first-order valence-corrected chi connectivity index (χ1v) is 23.5. The molecule has 0 saturated heterocycles. The predicted molar refractivity (Wildman–Crippen MR) is 281 cm³/mol. The molecule has 1 unspecified atom stereocenters. The van der Waals surface area contributed by atoms with Crippen molar-refractivity contribution >= 4 is 125 Å². The van der Waals surface area contributed by atoms with Crippen molar-refractivity contribution in [3.63, 3.8) is 0 Å². The van der Waals surface area contributed by atoms with Gasteiger partial charge in [0, 0.05) is 53.2 Å². The van der Waals surface area contributed by atoms with Gasteiger partial charge in [0.2, 0.25) is 0 Å². The third-order valence-electron chi connectivity index (χ3n) is 13.8. The molecule has 0 spiro atoms. The minimum atomic E-state index is -0.00130. The van der Waals surface area contributed by atoms with Crippen LogP contribution in [0, 0.1) is 5.92 Å². The van der Waals surface area contributed by atoms with Crippen molar-refractivity contribution < 1.29 is 4.42 Å². The smallest absolute Gasteiger partial charge is 0.163 e. The van der Waals surface area contributed by atoms with Gasteiger partial charge in [0.1, 0.15) is 11.2 Å². The summed E-state index contributed by atoms with van der Waals surface area (Å²) in [6.45, 7) is 2.34. The Hall–Kier alpha value is -8.12. The molecule has 0 fully saturated rings. The summed E-state index contributed by atoms with van der Waals surface area (Å²) in [6.07, 6.45) is 3.06. The Bertz CT molecular complexity index is 4180. The first-order valence-electron chi connectivity index (χ1n) is 22.7. The summed E-state index contributed by atoms with van der Waals surface area (Å²) in [4.78, 5) is 11.5. The van der Waals surface area contributed by atoms with Crippen molar-refractivity contribution in [1.29, 1.82) is 0 Å². The Morgan fingerprint density at radius 1 is 0.515 bits per heavy atom. The lowest BCUT2D eigenvalue weighted by Gasteiger charge is -2.23. The van der Waals surface area contributed by atoms with Gasteiger partial charge >= 0.3 is 0 Å². The van der Waals surface area contributed by atoms with Gasteiger partial charge in [-0.15, -0.1) is 11.3 Å². The maximum absolute atomic E-state index is 6.75. The number of allylic oxidation sites excluding steroid dienone is 1. The number of aromatic nitrogens is 1. The van der Waals surface area contributed by atoms with E-state index in [4.69, 9.17) is 14.4 Å². The van der Waals surface area contributed by atoms with E-state index < -0.39 is 0 Å². The van der Waals surface area contributed by atoms with Crippen LogP contribution in [0.5, 0.6) is 0 Å². The third kappa shape index (κ3) is 5.70. The van der Waals surface area contributed by atoms with E-state index in [1.165, 1.54) is 63.3 Å². The lowest BCUT2D eigenvalue weighted by atomic mass is 9.89. The Labute approximate surface area is 383 Å². The summed E-state index contributed by atoms with van der Waals surface area (Å²) < 4.78 is 11.8. The molecular formula is C61H39N3OS. The molecule has 4 nitrogen and oxygen atoms in total. The lowest BCUT2D eigenvalue weighted by molar-refractivity contribution is 0.668. The molecule has 0 saturated carbocycles. The standard InChI is InChI=1S/C61H39N3OS/c1-36-26-27-50(37-14-3-2-4-15-37)62-61(46-24-13-23-45-44-22-11-12-25-54(44)65-60(45)46)63-59(36)58-51(28-29-55-57(58)49-32-40-18-7-10-21-43(40)35-56(49)66-55)64-52-33-41-19-8-5-16-38(41)30-47(52)48-31-39-17-6-9-20-42(39)34-53(48)64/h2-25,27-36H,26H2,1H3/b50-27+,62-61-,63-59+. The second kappa shape index (κ2) is 14.4. The molecule has 5 heteroatoms. The fourth-order valence-corrected chi connectivity index (χ4v) is 11.7. The van der Waals surface area contributed by atoms with E-state index in [9.17, 15) is 0 Å². The topological polar surface area (TPSA) is 42.8 Å². The SMILES string of the molecule is CC1C/C=C(c2ccccc2)/N=C(c2cccc3c2oc2ccccc23)\N=C/1c1c(-n2c3cc4ccccc4cc3c3cc4ccccc4cc32)ccc2sc3cc4ccccc4cc3c12. The molecule has 0 bridgehead atoms. The van der Waals surface area contributed by atoms with Gasteiger partial charge in [-0.3, -0.25) is 0 Å². The number of hydrogen-bond donors (Lipinski definition) is 0. The number of rotatable bonds is 4. The zero-order valence-electron chi connectivity index (χ0n) is 36.0. The summed E-state index contributed by atoms with van der Waals surface area (Å²) in [5.74, 6) is 0.627. The summed E-state index contributed by atoms with van der Waals surface area (Å²) in [7, 11) is 0. The lowest BCUT2D eigenvalue weighted by Crippen LogP contribution is -2.19. The monoisotopic (exact) mass is 861 g/mol. The van der Waals surface area contributed by atoms with Gasteiger partial charge in [0.05, 0.1) is 33.7 Å². The average Bonchev–Trinajstić information content (AvgIpc) is 4.02. The van der Waals surface area contributed by atoms with E-state index in [0.29, 0.717) is 5.84 Å².